The van der Waals surface area contributed by atoms with Crippen LogP contribution in [0.4, 0.5) is 16.2 Å². The van der Waals surface area contributed by atoms with Gasteiger partial charge >= 0.3 is 6.03 Å². The topological polar surface area (TPSA) is 156 Å². The number of likely N-dealkylation sites (N-methyl/N-ethyl adjacent to an activating group) is 1. The monoisotopic (exact) mass is 726 g/mol. The van der Waals surface area contributed by atoms with Gasteiger partial charge in [-0.2, -0.15) is 0 Å². The second kappa shape index (κ2) is 18.1. The second-order valence-electron chi connectivity index (χ2n) is 12.8. The fraction of sp³-hybridized carbons (Fsp3) is 0.459. The van der Waals surface area contributed by atoms with E-state index in [0.29, 0.717) is 36.0 Å². The number of nitrogens with zero attached hydrogens (tertiary/aromatic N) is 2. The molecule has 51 heavy (non-hydrogen) atoms. The molecule has 4 atom stereocenters. The average Bonchev–Trinajstić information content (AvgIpc) is 3.12. The first kappa shape index (κ1) is 39.3. The largest absolute Gasteiger partial charge is 0.497 e. The SMILES string of the molecule is COc1ccc(NC(=O)N(C)C[C@H]2OCCCC[C@@H](C)Oc3ccc(NS(=O)(=O)c4ccc(OC)cc4)cc3C(=O)N([C@H](C)CO)C[C@@H]2C)cc1. The Labute approximate surface area is 300 Å². The Morgan fingerprint density at radius 3 is 2.25 bits per heavy atom. The van der Waals surface area contributed by atoms with E-state index in [1.54, 1.807) is 79.4 Å². The van der Waals surface area contributed by atoms with Gasteiger partial charge in [-0.05, 0) is 99.8 Å². The molecule has 278 valence electrons. The molecule has 3 amide bonds. The van der Waals surface area contributed by atoms with Crippen LogP contribution in [-0.4, -0.2) is 101 Å². The Kier molecular flexibility index (Phi) is 13.9. The minimum Gasteiger partial charge on any atom is -0.497 e. The number of hydrogen-bond donors (Lipinski definition) is 3. The quantitative estimate of drug-likeness (QED) is 0.247. The van der Waals surface area contributed by atoms with Crippen molar-refractivity contribution in [1.29, 1.82) is 0 Å². The number of fused-ring (bicyclic) bond motifs is 1. The molecule has 0 aromatic heterocycles. The number of ether oxygens (including phenoxy) is 4. The number of rotatable bonds is 10. The van der Waals surface area contributed by atoms with Crippen LogP contribution in [0.15, 0.2) is 71.6 Å². The van der Waals surface area contributed by atoms with Crippen LogP contribution in [0.5, 0.6) is 17.2 Å². The molecule has 3 N–H and O–H groups in total. The summed E-state index contributed by atoms with van der Waals surface area (Å²) in [5.41, 5.74) is 0.933. The van der Waals surface area contributed by atoms with Gasteiger partial charge in [0, 0.05) is 44.0 Å². The molecule has 0 unspecified atom stereocenters. The number of urea groups is 1. The van der Waals surface area contributed by atoms with Crippen molar-refractivity contribution in [3.05, 3.63) is 72.3 Å². The Morgan fingerprint density at radius 2 is 1.63 bits per heavy atom. The zero-order valence-corrected chi connectivity index (χ0v) is 30.9. The highest BCUT2D eigenvalue weighted by Gasteiger charge is 2.31. The van der Waals surface area contributed by atoms with Crippen LogP contribution >= 0.6 is 0 Å². The third kappa shape index (κ3) is 10.7. The van der Waals surface area contributed by atoms with Gasteiger partial charge in [-0.15, -0.1) is 0 Å². The zero-order valence-electron chi connectivity index (χ0n) is 30.1. The predicted molar refractivity (Wildman–Crippen MR) is 195 cm³/mol. The molecule has 0 fully saturated rings. The number of hydrogen-bond acceptors (Lipinski definition) is 9. The fourth-order valence-corrected chi connectivity index (χ4v) is 6.71. The van der Waals surface area contributed by atoms with Crippen molar-refractivity contribution in [3.63, 3.8) is 0 Å². The maximum Gasteiger partial charge on any atom is 0.321 e. The van der Waals surface area contributed by atoms with Crippen molar-refractivity contribution in [1.82, 2.24) is 9.80 Å². The molecule has 14 heteroatoms. The smallest absolute Gasteiger partial charge is 0.321 e. The molecule has 4 rings (SSSR count). The number of carbonyl (C=O) groups excluding carboxylic acids is 2. The highest BCUT2D eigenvalue weighted by molar-refractivity contribution is 7.92. The van der Waals surface area contributed by atoms with E-state index in [4.69, 9.17) is 18.9 Å². The van der Waals surface area contributed by atoms with Gasteiger partial charge in [-0.25, -0.2) is 13.2 Å². The Hall–Kier alpha value is -4.53. The predicted octanol–water partition coefficient (Wildman–Crippen LogP) is 5.46. The molecule has 0 bridgehead atoms. The summed E-state index contributed by atoms with van der Waals surface area (Å²) in [5, 5.41) is 13.1. The first-order valence-electron chi connectivity index (χ1n) is 17.0. The van der Waals surface area contributed by atoms with Crippen molar-refractivity contribution in [2.24, 2.45) is 5.92 Å². The van der Waals surface area contributed by atoms with E-state index < -0.39 is 28.1 Å². The molecule has 0 radical (unpaired) electrons. The average molecular weight is 727 g/mol. The number of aliphatic hydroxyl groups excluding tert-OH is 1. The van der Waals surface area contributed by atoms with Gasteiger partial charge in [0.1, 0.15) is 17.2 Å². The van der Waals surface area contributed by atoms with Crippen LogP contribution in [0.25, 0.3) is 0 Å². The number of amides is 3. The van der Waals surface area contributed by atoms with E-state index >= 15 is 0 Å². The zero-order chi connectivity index (χ0) is 37.1. The van der Waals surface area contributed by atoms with Gasteiger partial charge in [-0.1, -0.05) is 6.92 Å². The summed E-state index contributed by atoms with van der Waals surface area (Å²) < 4.78 is 52.1. The summed E-state index contributed by atoms with van der Waals surface area (Å²) in [6.07, 6.45) is 1.54. The van der Waals surface area contributed by atoms with Crippen molar-refractivity contribution >= 4 is 33.3 Å². The summed E-state index contributed by atoms with van der Waals surface area (Å²) in [6, 6.07) is 16.7. The molecular formula is C37H50N4O9S. The number of anilines is 2. The van der Waals surface area contributed by atoms with Gasteiger partial charge < -0.3 is 39.2 Å². The lowest BCUT2D eigenvalue weighted by atomic mass is 10.0. The van der Waals surface area contributed by atoms with Crippen molar-refractivity contribution in [2.75, 3.05) is 57.6 Å². The van der Waals surface area contributed by atoms with Crippen molar-refractivity contribution < 1.29 is 42.1 Å². The van der Waals surface area contributed by atoms with Crippen LogP contribution in [-0.2, 0) is 14.8 Å². The molecule has 1 aliphatic heterocycles. The first-order chi connectivity index (χ1) is 24.3. The molecule has 0 aliphatic carbocycles. The van der Waals surface area contributed by atoms with Crippen molar-refractivity contribution in [2.45, 2.75) is 63.2 Å². The van der Waals surface area contributed by atoms with Gasteiger partial charge in [0.15, 0.2) is 0 Å². The molecule has 0 saturated carbocycles. The van der Waals surface area contributed by atoms with Crippen LogP contribution in [0.2, 0.25) is 0 Å². The highest BCUT2D eigenvalue weighted by atomic mass is 32.2. The number of carbonyl (C=O) groups is 2. The highest BCUT2D eigenvalue weighted by Crippen LogP contribution is 2.30. The maximum absolute atomic E-state index is 14.4. The summed E-state index contributed by atoms with van der Waals surface area (Å²) in [5.74, 6) is 0.775. The Morgan fingerprint density at radius 1 is 1.00 bits per heavy atom. The van der Waals surface area contributed by atoms with Gasteiger partial charge in [0.25, 0.3) is 15.9 Å². The molecule has 0 spiro atoms. The summed E-state index contributed by atoms with van der Waals surface area (Å²) in [7, 11) is 0.746. The minimum atomic E-state index is -4.01. The molecular weight excluding hydrogens is 676 g/mol. The van der Waals surface area contributed by atoms with E-state index in [9.17, 15) is 23.1 Å². The summed E-state index contributed by atoms with van der Waals surface area (Å²) >= 11 is 0. The lowest BCUT2D eigenvalue weighted by molar-refractivity contribution is -0.0115. The van der Waals surface area contributed by atoms with E-state index in [2.05, 4.69) is 10.0 Å². The lowest BCUT2D eigenvalue weighted by Gasteiger charge is -2.35. The fourth-order valence-electron chi connectivity index (χ4n) is 5.66. The summed E-state index contributed by atoms with van der Waals surface area (Å²) in [4.78, 5) is 30.7. The van der Waals surface area contributed by atoms with Crippen LogP contribution in [0.3, 0.4) is 0 Å². The number of nitrogens with one attached hydrogen (secondary N) is 2. The number of sulfonamides is 1. The standard InChI is InChI=1S/C37H50N4O9S/c1-25-22-41(26(2)24-42)36(43)33-21-29(39-51(45,46)32-17-15-31(48-6)16-18-32)12-19-34(33)50-27(3)9-7-8-20-49-35(25)23-40(4)37(44)38-28-10-13-30(47-5)14-11-28/h10-19,21,25-27,35,39,42H,7-9,20,22-24H2,1-6H3,(H,38,44)/t25-,26+,27+,35+/m0/s1. The number of methoxy groups -OCH3 is 2. The summed E-state index contributed by atoms with van der Waals surface area (Å²) in [6.45, 7) is 6.14. The van der Waals surface area contributed by atoms with Crippen LogP contribution in [0, 0.1) is 5.92 Å². The molecule has 3 aromatic rings. The second-order valence-corrected chi connectivity index (χ2v) is 14.5. The lowest BCUT2D eigenvalue weighted by Crippen LogP contribution is -2.48. The van der Waals surface area contributed by atoms with E-state index in [0.717, 1.165) is 12.8 Å². The van der Waals surface area contributed by atoms with Crippen molar-refractivity contribution in [3.8, 4) is 17.2 Å². The first-order valence-corrected chi connectivity index (χ1v) is 18.5. The maximum atomic E-state index is 14.4. The van der Waals surface area contributed by atoms with Crippen LogP contribution in [0.1, 0.15) is 50.4 Å². The van der Waals surface area contributed by atoms with E-state index in [-0.39, 0.29) is 53.9 Å². The molecule has 1 heterocycles. The molecule has 13 nitrogen and oxygen atoms in total. The third-order valence-corrected chi connectivity index (χ3v) is 10.2. The third-order valence-electron chi connectivity index (χ3n) is 8.82. The van der Waals surface area contributed by atoms with Gasteiger partial charge in [0.2, 0.25) is 0 Å². The normalized spacial score (nSPS) is 19.5. The van der Waals surface area contributed by atoms with Gasteiger partial charge in [0.05, 0.1) is 49.5 Å². The molecule has 1 aliphatic rings. The Bertz CT molecular complexity index is 1700. The van der Waals surface area contributed by atoms with E-state index in [1.165, 1.54) is 25.3 Å². The Balaban J connectivity index is 1.61. The van der Waals surface area contributed by atoms with Crippen LogP contribution < -0.4 is 24.2 Å². The number of benzene rings is 3. The molecule has 0 saturated heterocycles. The minimum absolute atomic E-state index is 0.0256. The van der Waals surface area contributed by atoms with E-state index in [1.807, 2.05) is 13.8 Å². The molecule has 3 aromatic carbocycles. The number of aliphatic hydroxyl groups is 1. The van der Waals surface area contributed by atoms with Gasteiger partial charge in [-0.3, -0.25) is 9.52 Å².